The molecule has 1 fully saturated rings. The fourth-order valence-electron chi connectivity index (χ4n) is 3.14. The molecule has 118 valence electrons. The van der Waals surface area contributed by atoms with Crippen molar-refractivity contribution in [1.29, 1.82) is 0 Å². The van der Waals surface area contributed by atoms with Crippen LogP contribution in [0.25, 0.3) is 0 Å². The summed E-state index contributed by atoms with van der Waals surface area (Å²) in [5.74, 6) is 0.828. The van der Waals surface area contributed by atoms with Crippen molar-refractivity contribution in [3.05, 3.63) is 0 Å². The van der Waals surface area contributed by atoms with Crippen molar-refractivity contribution in [2.75, 3.05) is 19.6 Å². The summed E-state index contributed by atoms with van der Waals surface area (Å²) >= 11 is 0. The molecule has 0 aromatic heterocycles. The quantitative estimate of drug-likeness (QED) is 0.719. The SMILES string of the molecule is CC(C)NC(C)(CCCN1CCC(C(C)C)C1)C(=O)O. The molecule has 1 saturated heterocycles. The van der Waals surface area contributed by atoms with E-state index in [1.807, 2.05) is 13.8 Å². The molecule has 4 heteroatoms. The minimum Gasteiger partial charge on any atom is -0.480 e. The Morgan fingerprint density at radius 3 is 2.50 bits per heavy atom. The molecular weight excluding hydrogens is 252 g/mol. The first kappa shape index (κ1) is 17.4. The highest BCUT2D eigenvalue weighted by Gasteiger charge is 2.33. The first-order valence-corrected chi connectivity index (χ1v) is 7.98. The van der Waals surface area contributed by atoms with Crippen molar-refractivity contribution in [3.8, 4) is 0 Å². The molecule has 0 saturated carbocycles. The fourth-order valence-corrected chi connectivity index (χ4v) is 3.14. The standard InChI is InChI=1S/C16H32N2O2/c1-12(2)14-7-10-18(11-14)9-6-8-16(5,15(19)20)17-13(3)4/h12-14,17H,6-11H2,1-5H3,(H,19,20). The Bertz CT molecular complexity index is 318. The van der Waals surface area contributed by atoms with Gasteiger partial charge in [0.2, 0.25) is 0 Å². The molecule has 20 heavy (non-hydrogen) atoms. The Labute approximate surface area is 123 Å². The number of nitrogens with one attached hydrogen (secondary N) is 1. The number of aliphatic carboxylic acids is 1. The molecule has 0 aromatic rings. The minimum absolute atomic E-state index is 0.188. The molecule has 2 atom stereocenters. The zero-order valence-electron chi connectivity index (χ0n) is 13.8. The highest BCUT2D eigenvalue weighted by atomic mass is 16.4. The third kappa shape index (κ3) is 5.06. The number of hydrogen-bond donors (Lipinski definition) is 2. The Morgan fingerprint density at radius 1 is 1.40 bits per heavy atom. The van der Waals surface area contributed by atoms with Gasteiger partial charge in [0.1, 0.15) is 5.54 Å². The van der Waals surface area contributed by atoms with Crippen LogP contribution in [0, 0.1) is 11.8 Å². The van der Waals surface area contributed by atoms with Gasteiger partial charge in [-0.1, -0.05) is 13.8 Å². The van der Waals surface area contributed by atoms with Gasteiger partial charge in [-0.2, -0.15) is 0 Å². The smallest absolute Gasteiger partial charge is 0.323 e. The average molecular weight is 284 g/mol. The molecule has 0 radical (unpaired) electrons. The Hall–Kier alpha value is -0.610. The van der Waals surface area contributed by atoms with Crippen molar-refractivity contribution < 1.29 is 9.90 Å². The van der Waals surface area contributed by atoms with E-state index in [2.05, 4.69) is 24.1 Å². The molecule has 1 heterocycles. The van der Waals surface area contributed by atoms with E-state index in [4.69, 9.17) is 0 Å². The Morgan fingerprint density at radius 2 is 2.05 bits per heavy atom. The number of carboxylic acid groups (broad SMARTS) is 1. The molecule has 0 aromatic carbocycles. The van der Waals surface area contributed by atoms with E-state index in [1.165, 1.54) is 19.5 Å². The van der Waals surface area contributed by atoms with Gasteiger partial charge >= 0.3 is 5.97 Å². The second-order valence-electron chi connectivity index (χ2n) is 7.13. The maximum atomic E-state index is 11.4. The summed E-state index contributed by atoms with van der Waals surface area (Å²) in [5, 5.41) is 12.6. The lowest BCUT2D eigenvalue weighted by Crippen LogP contribution is -2.52. The minimum atomic E-state index is -0.800. The third-order valence-corrected chi connectivity index (χ3v) is 4.48. The summed E-state index contributed by atoms with van der Waals surface area (Å²) in [6, 6.07) is 0.188. The van der Waals surface area contributed by atoms with Crippen LogP contribution in [0.3, 0.4) is 0 Å². The van der Waals surface area contributed by atoms with Crippen LogP contribution in [0.15, 0.2) is 0 Å². The number of hydrogen-bond acceptors (Lipinski definition) is 3. The molecular formula is C16H32N2O2. The van der Waals surface area contributed by atoms with Crippen LogP contribution in [0.5, 0.6) is 0 Å². The lowest BCUT2D eigenvalue weighted by molar-refractivity contribution is -0.144. The zero-order valence-corrected chi connectivity index (χ0v) is 13.8. The van der Waals surface area contributed by atoms with Gasteiger partial charge < -0.3 is 10.0 Å². The van der Waals surface area contributed by atoms with Crippen molar-refractivity contribution in [2.45, 2.75) is 65.5 Å². The van der Waals surface area contributed by atoms with Gasteiger partial charge in [-0.15, -0.1) is 0 Å². The number of carboxylic acids is 1. The molecule has 2 unspecified atom stereocenters. The first-order chi connectivity index (χ1) is 9.24. The molecule has 2 N–H and O–H groups in total. The Balaban J connectivity index is 2.37. The summed E-state index contributed by atoms with van der Waals surface area (Å²) in [7, 11) is 0. The maximum absolute atomic E-state index is 11.4. The van der Waals surface area contributed by atoms with E-state index in [-0.39, 0.29) is 6.04 Å². The largest absolute Gasteiger partial charge is 0.480 e. The molecule has 0 aliphatic carbocycles. The second-order valence-corrected chi connectivity index (χ2v) is 7.13. The second kappa shape index (κ2) is 7.41. The number of rotatable bonds is 8. The van der Waals surface area contributed by atoms with Gasteiger partial charge in [0.25, 0.3) is 0 Å². The molecule has 0 amide bonds. The summed E-state index contributed by atoms with van der Waals surface area (Å²) in [4.78, 5) is 13.9. The van der Waals surface area contributed by atoms with Crippen molar-refractivity contribution in [1.82, 2.24) is 10.2 Å². The van der Waals surface area contributed by atoms with Gasteiger partial charge in [0.15, 0.2) is 0 Å². The van der Waals surface area contributed by atoms with E-state index in [9.17, 15) is 9.90 Å². The van der Waals surface area contributed by atoms with Crippen LogP contribution < -0.4 is 5.32 Å². The summed E-state index contributed by atoms with van der Waals surface area (Å²) in [6.07, 6.45) is 2.91. The average Bonchev–Trinajstić information content (AvgIpc) is 2.76. The summed E-state index contributed by atoms with van der Waals surface area (Å²) in [5.41, 5.74) is -0.800. The molecule has 0 spiro atoms. The van der Waals surface area contributed by atoms with E-state index in [0.717, 1.165) is 24.8 Å². The van der Waals surface area contributed by atoms with Gasteiger partial charge in [-0.05, 0) is 65.0 Å². The number of nitrogens with zero attached hydrogens (tertiary/aromatic N) is 1. The highest BCUT2D eigenvalue weighted by Crippen LogP contribution is 2.24. The predicted molar refractivity (Wildman–Crippen MR) is 82.9 cm³/mol. The zero-order chi connectivity index (χ0) is 15.3. The maximum Gasteiger partial charge on any atom is 0.323 e. The monoisotopic (exact) mass is 284 g/mol. The van der Waals surface area contributed by atoms with Crippen LogP contribution in [-0.4, -0.2) is 47.2 Å². The van der Waals surface area contributed by atoms with Crippen LogP contribution in [0.4, 0.5) is 0 Å². The molecule has 4 nitrogen and oxygen atoms in total. The van der Waals surface area contributed by atoms with Crippen LogP contribution in [0.2, 0.25) is 0 Å². The molecule has 1 rings (SSSR count). The van der Waals surface area contributed by atoms with Crippen molar-refractivity contribution >= 4 is 5.97 Å². The van der Waals surface area contributed by atoms with Crippen molar-refractivity contribution in [3.63, 3.8) is 0 Å². The van der Waals surface area contributed by atoms with Gasteiger partial charge in [0.05, 0.1) is 0 Å². The highest BCUT2D eigenvalue weighted by molar-refractivity contribution is 5.78. The topological polar surface area (TPSA) is 52.6 Å². The predicted octanol–water partition coefficient (Wildman–Crippen LogP) is 2.59. The Kier molecular flexibility index (Phi) is 6.46. The fraction of sp³-hybridized carbons (Fsp3) is 0.938. The molecule has 0 bridgehead atoms. The van der Waals surface area contributed by atoms with E-state index in [1.54, 1.807) is 6.92 Å². The summed E-state index contributed by atoms with van der Waals surface area (Å²) in [6.45, 7) is 13.7. The first-order valence-electron chi connectivity index (χ1n) is 7.98. The normalized spacial score (nSPS) is 23.4. The van der Waals surface area contributed by atoms with E-state index >= 15 is 0 Å². The van der Waals surface area contributed by atoms with Crippen LogP contribution in [-0.2, 0) is 4.79 Å². The van der Waals surface area contributed by atoms with Gasteiger partial charge in [-0.25, -0.2) is 0 Å². The number of likely N-dealkylation sites (tertiary alicyclic amines) is 1. The number of carbonyl (C=O) groups is 1. The molecule has 1 aliphatic heterocycles. The lowest BCUT2D eigenvalue weighted by Gasteiger charge is -2.29. The van der Waals surface area contributed by atoms with Crippen LogP contribution >= 0.6 is 0 Å². The van der Waals surface area contributed by atoms with Gasteiger partial charge in [0, 0.05) is 12.6 Å². The van der Waals surface area contributed by atoms with Crippen LogP contribution in [0.1, 0.15) is 53.9 Å². The lowest BCUT2D eigenvalue weighted by atomic mass is 9.94. The summed E-state index contributed by atoms with van der Waals surface area (Å²) < 4.78 is 0. The van der Waals surface area contributed by atoms with Crippen molar-refractivity contribution in [2.24, 2.45) is 11.8 Å². The third-order valence-electron chi connectivity index (χ3n) is 4.48. The molecule has 1 aliphatic rings. The van der Waals surface area contributed by atoms with E-state index < -0.39 is 11.5 Å². The van der Waals surface area contributed by atoms with E-state index in [0.29, 0.717) is 6.42 Å². The van der Waals surface area contributed by atoms with Gasteiger partial charge in [-0.3, -0.25) is 10.1 Å².